The Morgan fingerprint density at radius 1 is 0.737 bits per heavy atom. The highest BCUT2D eigenvalue weighted by Crippen LogP contribution is 2.73. The molecule has 2 aliphatic heterocycles. The number of hydrogen-bond acceptors (Lipinski definition) is 0. The van der Waals surface area contributed by atoms with Crippen molar-refractivity contribution in [2.24, 2.45) is 0 Å². The molecule has 3 aliphatic rings. The van der Waals surface area contributed by atoms with Crippen LogP contribution < -0.4 is 0 Å². The summed E-state index contributed by atoms with van der Waals surface area (Å²) in [6, 6.07) is 0. The molecular formula is C17H30B2. The Balaban J connectivity index is 1.87. The summed E-state index contributed by atoms with van der Waals surface area (Å²) in [5.74, 6) is 0. The van der Waals surface area contributed by atoms with Gasteiger partial charge in [-0.1, -0.05) is 107 Å². The Hall–Kier alpha value is 0.130. The van der Waals surface area contributed by atoms with E-state index in [1.165, 1.54) is 77.0 Å². The molecule has 0 N–H and O–H groups in total. The van der Waals surface area contributed by atoms with Gasteiger partial charge in [-0.25, -0.2) is 0 Å². The van der Waals surface area contributed by atoms with Gasteiger partial charge in [0.2, 0.25) is 0 Å². The third-order valence-electron chi connectivity index (χ3n) is 6.93. The summed E-state index contributed by atoms with van der Waals surface area (Å²) in [6.07, 6.45) is 17.7. The lowest BCUT2D eigenvalue weighted by molar-refractivity contribution is 0.274. The van der Waals surface area contributed by atoms with Crippen LogP contribution in [0.1, 0.15) is 84.0 Å². The average Bonchev–Trinajstić information content (AvgIpc) is 2.61. The predicted molar refractivity (Wildman–Crippen MR) is 86.5 cm³/mol. The van der Waals surface area contributed by atoms with Gasteiger partial charge in [-0.3, -0.25) is 0 Å². The fourth-order valence-electron chi connectivity index (χ4n) is 5.77. The average molecular weight is 256 g/mol. The Kier molecular flexibility index (Phi) is 3.82. The van der Waals surface area contributed by atoms with Crippen molar-refractivity contribution >= 4 is 14.6 Å². The SMILES string of the molecule is C[B]C1(C23[B]C(C)(CCC2)CC3)CCCCCCC1. The van der Waals surface area contributed by atoms with E-state index < -0.39 is 0 Å². The highest BCUT2D eigenvalue weighted by molar-refractivity contribution is 6.51. The van der Waals surface area contributed by atoms with Gasteiger partial charge in [0.15, 0.2) is 0 Å². The summed E-state index contributed by atoms with van der Waals surface area (Å²) in [5, 5.41) is 1.70. The number of rotatable bonds is 2. The maximum atomic E-state index is 2.85. The van der Waals surface area contributed by atoms with Gasteiger partial charge in [0.1, 0.15) is 14.6 Å². The van der Waals surface area contributed by atoms with Gasteiger partial charge in [-0.05, 0) is 0 Å². The number of hydrogen-bond donors (Lipinski definition) is 0. The molecule has 2 heterocycles. The minimum absolute atomic E-state index is 0.547. The largest absolute Gasteiger partial charge is 0.125 e. The quantitative estimate of drug-likeness (QED) is 0.559. The lowest BCUT2D eigenvalue weighted by Gasteiger charge is -2.53. The van der Waals surface area contributed by atoms with Crippen molar-refractivity contribution in [1.82, 2.24) is 0 Å². The van der Waals surface area contributed by atoms with Crippen LogP contribution in [0.4, 0.5) is 0 Å². The van der Waals surface area contributed by atoms with Crippen molar-refractivity contribution in [1.29, 1.82) is 0 Å². The van der Waals surface area contributed by atoms with Crippen LogP contribution in [0, 0.1) is 0 Å². The molecule has 0 aromatic rings. The van der Waals surface area contributed by atoms with E-state index in [0.717, 1.165) is 0 Å². The highest BCUT2D eigenvalue weighted by atomic mass is 14.5. The van der Waals surface area contributed by atoms with Gasteiger partial charge in [-0.2, -0.15) is 0 Å². The van der Waals surface area contributed by atoms with Gasteiger partial charge in [0, 0.05) is 0 Å². The van der Waals surface area contributed by atoms with Gasteiger partial charge >= 0.3 is 0 Å². The monoisotopic (exact) mass is 256 g/mol. The lowest BCUT2D eigenvalue weighted by atomic mass is 9.25. The van der Waals surface area contributed by atoms with Crippen molar-refractivity contribution < 1.29 is 0 Å². The zero-order valence-electron chi connectivity index (χ0n) is 13.1. The minimum Gasteiger partial charge on any atom is -0.0914 e. The second-order valence-corrected chi connectivity index (χ2v) is 8.02. The molecule has 1 aliphatic carbocycles. The predicted octanol–water partition coefficient (Wildman–Crippen LogP) is 5.66. The maximum absolute atomic E-state index is 2.85. The first-order chi connectivity index (χ1) is 9.14. The fraction of sp³-hybridized carbons (Fsp3) is 1.00. The summed E-state index contributed by atoms with van der Waals surface area (Å²) in [7, 11) is 5.50. The third-order valence-corrected chi connectivity index (χ3v) is 6.93. The molecule has 2 radical (unpaired) electrons. The van der Waals surface area contributed by atoms with E-state index in [1.807, 2.05) is 0 Å². The molecule has 104 valence electrons. The lowest BCUT2D eigenvalue weighted by Crippen LogP contribution is -2.40. The molecule has 0 amide bonds. The van der Waals surface area contributed by atoms with Crippen LogP contribution in [-0.4, -0.2) is 14.6 Å². The molecule has 3 rings (SSSR count). The molecule has 2 unspecified atom stereocenters. The normalized spacial score (nSPS) is 42.0. The molecule has 0 nitrogen and oxygen atoms in total. The van der Waals surface area contributed by atoms with Crippen LogP contribution in [-0.2, 0) is 0 Å². The molecule has 2 saturated heterocycles. The Labute approximate surface area is 122 Å². The molecule has 19 heavy (non-hydrogen) atoms. The van der Waals surface area contributed by atoms with Crippen molar-refractivity contribution in [3.8, 4) is 0 Å². The zero-order valence-corrected chi connectivity index (χ0v) is 13.1. The van der Waals surface area contributed by atoms with E-state index in [-0.39, 0.29) is 0 Å². The van der Waals surface area contributed by atoms with E-state index in [9.17, 15) is 0 Å². The molecular weight excluding hydrogens is 226 g/mol. The first-order valence-corrected chi connectivity index (χ1v) is 8.81. The second kappa shape index (κ2) is 5.15. The molecule has 0 aromatic carbocycles. The first-order valence-electron chi connectivity index (χ1n) is 8.81. The Morgan fingerprint density at radius 2 is 1.42 bits per heavy atom. The standard InChI is InChI=1S/C17H30B2/c1-15-9-8-12-17(19-15,14-13-15)16(18-2)10-6-4-3-5-7-11-16/h3-14H2,1-2H3. The Bertz CT molecular complexity index is 319. The van der Waals surface area contributed by atoms with Crippen LogP contribution in [0.15, 0.2) is 0 Å². The summed E-state index contributed by atoms with van der Waals surface area (Å²) in [4.78, 5) is 0. The molecule has 0 aromatic heterocycles. The van der Waals surface area contributed by atoms with E-state index >= 15 is 0 Å². The highest BCUT2D eigenvalue weighted by Gasteiger charge is 2.57. The summed E-state index contributed by atoms with van der Waals surface area (Å²) in [6.45, 7) is 4.90. The summed E-state index contributed by atoms with van der Waals surface area (Å²) >= 11 is 0. The van der Waals surface area contributed by atoms with Crippen molar-refractivity contribution in [2.75, 3.05) is 0 Å². The van der Waals surface area contributed by atoms with Gasteiger partial charge in [0.05, 0.1) is 0 Å². The van der Waals surface area contributed by atoms with Crippen LogP contribution >= 0.6 is 0 Å². The smallest absolute Gasteiger partial charge is 0.0914 e. The molecule has 0 spiro atoms. The van der Waals surface area contributed by atoms with Gasteiger partial charge in [-0.15, -0.1) is 0 Å². The third kappa shape index (κ3) is 2.32. The molecule has 3 fully saturated rings. The van der Waals surface area contributed by atoms with Crippen LogP contribution in [0.5, 0.6) is 0 Å². The van der Waals surface area contributed by atoms with Crippen LogP contribution in [0.3, 0.4) is 0 Å². The molecule has 2 atom stereocenters. The Morgan fingerprint density at radius 3 is 2.11 bits per heavy atom. The fourth-order valence-corrected chi connectivity index (χ4v) is 5.77. The van der Waals surface area contributed by atoms with Gasteiger partial charge < -0.3 is 0 Å². The maximum Gasteiger partial charge on any atom is 0.125 e. The molecule has 2 bridgehead atoms. The first kappa shape index (κ1) is 14.1. The van der Waals surface area contributed by atoms with Crippen LogP contribution in [0.25, 0.3) is 0 Å². The molecule has 1 saturated carbocycles. The summed E-state index contributed by atoms with van der Waals surface area (Å²) in [5.41, 5.74) is 0. The van der Waals surface area contributed by atoms with Crippen molar-refractivity contribution in [3.05, 3.63) is 0 Å². The van der Waals surface area contributed by atoms with E-state index in [1.54, 1.807) is 0 Å². The van der Waals surface area contributed by atoms with Crippen molar-refractivity contribution in [2.45, 2.75) is 107 Å². The zero-order chi connectivity index (χ0) is 13.4. The number of fused-ring (bicyclic) bond motifs is 2. The second-order valence-electron chi connectivity index (χ2n) is 8.02. The minimum atomic E-state index is 0.547. The van der Waals surface area contributed by atoms with E-state index in [2.05, 4.69) is 28.3 Å². The topological polar surface area (TPSA) is 0 Å². The van der Waals surface area contributed by atoms with Crippen molar-refractivity contribution in [3.63, 3.8) is 0 Å². The summed E-state index contributed by atoms with van der Waals surface area (Å²) < 4.78 is 0. The van der Waals surface area contributed by atoms with E-state index in [4.69, 9.17) is 0 Å². The van der Waals surface area contributed by atoms with E-state index in [0.29, 0.717) is 15.9 Å². The van der Waals surface area contributed by atoms with Gasteiger partial charge in [0.25, 0.3) is 0 Å². The molecule has 2 heteroatoms. The van der Waals surface area contributed by atoms with Crippen LogP contribution in [0.2, 0.25) is 22.8 Å².